The molecule has 0 fully saturated rings. The lowest BCUT2D eigenvalue weighted by atomic mass is 9.83. The summed E-state index contributed by atoms with van der Waals surface area (Å²) in [6.07, 6.45) is 8.74. The Hall–Kier alpha value is -10.5. The molecule has 0 unspecified atom stereocenters. The maximum atomic E-state index is 13.7. The third kappa shape index (κ3) is 14.0. The second-order valence-electron chi connectivity index (χ2n) is 32.5. The van der Waals surface area contributed by atoms with Crippen molar-refractivity contribution in [3.05, 3.63) is 253 Å². The molecule has 0 aromatic heterocycles. The van der Waals surface area contributed by atoms with Crippen LogP contribution in [0.5, 0.6) is 92.0 Å². The van der Waals surface area contributed by atoms with Crippen molar-refractivity contribution in [2.75, 3.05) is 88.3 Å². The molecule has 14 aliphatic rings. The van der Waals surface area contributed by atoms with Crippen molar-refractivity contribution >= 4 is 34.8 Å². The van der Waals surface area contributed by atoms with Crippen molar-refractivity contribution in [2.24, 2.45) is 0 Å². The molecule has 0 spiro atoms. The van der Waals surface area contributed by atoms with Crippen LogP contribution in [0.25, 0.3) is 0 Å². The van der Waals surface area contributed by atoms with E-state index in [-0.39, 0.29) is 60.8 Å². The molecule has 10 aromatic carbocycles. The minimum absolute atomic E-state index is 0.119. The molecular weight excluding hydrogens is 1590 g/mol. The Morgan fingerprint density at radius 3 is 1.01 bits per heavy atom. The maximum absolute atomic E-state index is 13.7. The van der Waals surface area contributed by atoms with Gasteiger partial charge in [0, 0.05) is 118 Å². The minimum atomic E-state index is -0.544. The number of phenolic OH excluding ortho intramolecular Hbond substituents is 4. The number of aromatic hydroxyl groups is 4. The fourth-order valence-electron chi connectivity index (χ4n) is 20.4. The first-order valence-electron chi connectivity index (χ1n) is 40.5. The van der Waals surface area contributed by atoms with Gasteiger partial charge in [-0.2, -0.15) is 0 Å². The first kappa shape index (κ1) is 77.2. The van der Waals surface area contributed by atoms with Crippen LogP contribution < -0.4 is 56.8 Å². The minimum Gasteiger partial charge on any atom is -0.506 e. The van der Waals surface area contributed by atoms with E-state index in [2.05, 4.69) is 67.0 Å². The van der Waals surface area contributed by atoms with Gasteiger partial charge in [-0.05, 0) is 268 Å². The molecular formula is C93H88Cl3F2N5O16. The average molecular weight is 1680 g/mol. The third-order valence-electron chi connectivity index (χ3n) is 26.4. The Morgan fingerprint density at radius 2 is 0.597 bits per heavy atom. The molecule has 10 aromatic rings. The molecule has 24 rings (SSSR count). The highest BCUT2D eigenvalue weighted by Crippen LogP contribution is 2.54. The maximum Gasteiger partial charge on any atom is 0.231 e. The molecule has 0 saturated heterocycles. The summed E-state index contributed by atoms with van der Waals surface area (Å²) in [7, 11) is 6.76. The van der Waals surface area contributed by atoms with E-state index in [4.69, 9.17) is 91.6 Å². The number of nitrogens with zero attached hydrogens (tertiary/aromatic N) is 5. The van der Waals surface area contributed by atoms with Gasteiger partial charge in [-0.15, -0.1) is 0 Å². The second kappa shape index (κ2) is 31.3. The number of methoxy groups -OCH3 is 4. The number of fused-ring (bicyclic) bond motifs is 24. The Morgan fingerprint density at radius 1 is 0.303 bits per heavy atom. The molecule has 5 atom stereocenters. The van der Waals surface area contributed by atoms with Crippen LogP contribution in [-0.2, 0) is 96.9 Å². The first-order chi connectivity index (χ1) is 57.9. The highest BCUT2D eigenvalue weighted by atomic mass is 35.5. The molecule has 0 amide bonds. The summed E-state index contributed by atoms with van der Waals surface area (Å²) in [5.41, 5.74) is 23.8. The van der Waals surface area contributed by atoms with Gasteiger partial charge in [-0.25, -0.2) is 8.78 Å². The molecule has 0 radical (unpaired) electrons. The Bertz CT molecular complexity index is 5510. The second-order valence-corrected chi connectivity index (χ2v) is 33.7. The zero-order valence-electron chi connectivity index (χ0n) is 66.1. The van der Waals surface area contributed by atoms with E-state index in [1.807, 2.05) is 48.5 Å². The SMILES string of the molecule is COc1ccc(OC)c2c1C[C@H]1c3cc(O)c(Cl)cc3CCN1C2.COc1ccc(OC)c2c1C[C@H]1c3cc(O)c(F)cc3CCN1C2.Clc1c2c(cc3c1OCO3)CN1CCc3cc4c(cc3[C@@H]1C2)OCO4.Oc1cc2c(cc1Cl)CCN1Cc3cc4c(cc3C[C@@H]21)OCO4.Oc1cc2c(cc1F)CCN1Cc3cc4c(cc3C[C@@H]21)OCO4. The lowest BCUT2D eigenvalue weighted by Gasteiger charge is -2.42. The molecule has 14 aliphatic heterocycles. The molecule has 21 nitrogen and oxygen atoms in total. The Kier molecular flexibility index (Phi) is 20.3. The zero-order valence-corrected chi connectivity index (χ0v) is 68.4. The predicted molar refractivity (Wildman–Crippen MR) is 440 cm³/mol. The van der Waals surface area contributed by atoms with E-state index in [1.165, 1.54) is 90.0 Å². The average Bonchev–Trinajstić information content (AvgIpc) is 1.41. The number of ether oxygens (including phenoxy) is 12. The topological polar surface area (TPSA) is 208 Å². The number of hydrogen-bond acceptors (Lipinski definition) is 21. The Labute approximate surface area is 702 Å². The van der Waals surface area contributed by atoms with Gasteiger partial charge in [0.1, 0.15) is 34.5 Å². The summed E-state index contributed by atoms with van der Waals surface area (Å²) in [6, 6.07) is 37.3. The number of benzene rings is 10. The van der Waals surface area contributed by atoms with Crippen LogP contribution in [0.3, 0.4) is 0 Å². The van der Waals surface area contributed by atoms with Crippen LogP contribution in [0, 0.1) is 11.6 Å². The van der Waals surface area contributed by atoms with Crippen molar-refractivity contribution < 1.29 is 86.0 Å². The van der Waals surface area contributed by atoms with Crippen molar-refractivity contribution in [1.82, 2.24) is 24.5 Å². The molecule has 0 aliphatic carbocycles. The van der Waals surface area contributed by atoms with Crippen LogP contribution in [0.15, 0.2) is 115 Å². The van der Waals surface area contributed by atoms with Gasteiger partial charge in [-0.3, -0.25) is 24.5 Å². The molecule has 0 bridgehead atoms. The van der Waals surface area contributed by atoms with E-state index < -0.39 is 11.6 Å². The van der Waals surface area contributed by atoms with Gasteiger partial charge in [-0.1, -0.05) is 34.8 Å². The van der Waals surface area contributed by atoms with Gasteiger partial charge >= 0.3 is 0 Å². The standard InChI is InChI=1S/C19H16ClNO4.C19H20ClNO3.C19H20FNO3.C18H16ClNO3.C18H16FNO3/c20-18-13-5-14-12-6-16-15(22-8-23-16)3-10(12)1-2-21(14)7-11(13)4-17-19(18)25-9-24-17;2*1-23-18-3-4-19(24-2)14-10-21-6-5-11-7-15(20)17(22)9-12(11)16(21)8-13(14)18;2*19-14-3-10-1-2-20-8-12-6-18-17(22-9-23-18)5-11(12)4-15(20)13(10)7-16(14)21/h3-4,6,14H,1-2,5,7-9H2;2*3-4,7,9,16,22H,5-6,8,10H2,1-2H3;2*3,5-7,15,21H,1-2,4,8-9H2/t14-;2*16-;2*15-/m00000/s1. The van der Waals surface area contributed by atoms with Gasteiger partial charge in [0.15, 0.2) is 69.1 Å². The largest absolute Gasteiger partial charge is 0.506 e. The fourth-order valence-corrected chi connectivity index (χ4v) is 21.2. The summed E-state index contributed by atoms with van der Waals surface area (Å²) in [4.78, 5) is 12.2. The highest BCUT2D eigenvalue weighted by Gasteiger charge is 2.42. The van der Waals surface area contributed by atoms with Crippen molar-refractivity contribution in [3.8, 4) is 92.0 Å². The lowest BCUT2D eigenvalue weighted by molar-refractivity contribution is 0.156. The van der Waals surface area contributed by atoms with Crippen molar-refractivity contribution in [2.45, 2.75) is 127 Å². The predicted octanol–water partition coefficient (Wildman–Crippen LogP) is 16.7. The molecule has 4 N–H and O–H groups in total. The first-order valence-corrected chi connectivity index (χ1v) is 41.6. The quantitative estimate of drug-likeness (QED) is 0.129. The molecule has 0 saturated carbocycles. The Balaban J connectivity index is 0.0000000953. The number of rotatable bonds is 4. The van der Waals surface area contributed by atoms with E-state index in [0.717, 1.165) is 226 Å². The summed E-state index contributed by atoms with van der Waals surface area (Å²) in [5.74, 6) is 8.72. The highest BCUT2D eigenvalue weighted by molar-refractivity contribution is 6.33. The van der Waals surface area contributed by atoms with Gasteiger partial charge in [0.05, 0.1) is 43.5 Å². The zero-order chi connectivity index (χ0) is 81.3. The van der Waals surface area contributed by atoms with E-state index in [9.17, 15) is 29.2 Å². The van der Waals surface area contributed by atoms with Gasteiger partial charge in [0.25, 0.3) is 0 Å². The number of halogens is 5. The van der Waals surface area contributed by atoms with E-state index >= 15 is 0 Å². The molecule has 14 heterocycles. The molecule has 119 heavy (non-hydrogen) atoms. The summed E-state index contributed by atoms with van der Waals surface area (Å²) in [5, 5.41) is 41.2. The lowest BCUT2D eigenvalue weighted by Crippen LogP contribution is -2.39. The van der Waals surface area contributed by atoms with Crippen LogP contribution in [0.4, 0.5) is 8.78 Å². The van der Waals surface area contributed by atoms with Crippen LogP contribution in [0.2, 0.25) is 15.1 Å². The van der Waals surface area contributed by atoms with E-state index in [1.54, 1.807) is 40.6 Å². The third-order valence-corrected chi connectivity index (χ3v) is 27.4. The van der Waals surface area contributed by atoms with Crippen molar-refractivity contribution in [1.29, 1.82) is 0 Å². The molecule has 26 heteroatoms. The van der Waals surface area contributed by atoms with Crippen LogP contribution in [0.1, 0.15) is 141 Å². The van der Waals surface area contributed by atoms with E-state index in [0.29, 0.717) is 40.4 Å². The normalized spacial score (nSPS) is 20.8. The fraction of sp³-hybridized carbons (Fsp3) is 0.355. The molecule has 616 valence electrons. The smallest absolute Gasteiger partial charge is 0.231 e. The summed E-state index contributed by atoms with van der Waals surface area (Å²) >= 11 is 18.8. The van der Waals surface area contributed by atoms with Crippen LogP contribution >= 0.6 is 34.8 Å². The van der Waals surface area contributed by atoms with Crippen molar-refractivity contribution in [3.63, 3.8) is 0 Å². The monoisotopic (exact) mass is 1670 g/mol. The summed E-state index contributed by atoms with van der Waals surface area (Å²) in [6.45, 7) is 10.1. The van der Waals surface area contributed by atoms with Crippen LogP contribution in [-0.4, -0.2) is 133 Å². The van der Waals surface area contributed by atoms with Gasteiger partial charge < -0.3 is 77.3 Å². The number of phenols is 4. The summed E-state index contributed by atoms with van der Waals surface area (Å²) < 4.78 is 93.7. The van der Waals surface area contributed by atoms with Gasteiger partial charge in [0.2, 0.25) is 27.2 Å². The number of hydrogen-bond donors (Lipinski definition) is 4.